The van der Waals surface area contributed by atoms with Crippen LogP contribution in [0.1, 0.15) is 44.4 Å². The van der Waals surface area contributed by atoms with Gasteiger partial charge in [0.05, 0.1) is 0 Å². The molecule has 1 heterocycles. The molecule has 1 aromatic carbocycles. The summed E-state index contributed by atoms with van der Waals surface area (Å²) in [5, 5.41) is 3.26. The number of benzene rings is 1. The Bertz CT molecular complexity index is 592. The topological polar surface area (TPSA) is 33.6 Å². The lowest BCUT2D eigenvalue weighted by Crippen LogP contribution is -2.27. The zero-order valence-electron chi connectivity index (χ0n) is 13.4. The standard InChI is InChI=1S/C18H24N2O/c1-6-19-8-7-13(2)16-10-15(18(3,4)5)9-14-11-20-12-21-17(14)16/h6-10,20H,1,11-12H2,2-5H3/b13-7+,19-8-. The Kier molecular flexibility index (Phi) is 4.63. The third-order valence-corrected chi connectivity index (χ3v) is 3.61. The van der Waals surface area contributed by atoms with Crippen molar-refractivity contribution in [3.63, 3.8) is 0 Å². The van der Waals surface area contributed by atoms with Crippen molar-refractivity contribution in [3.8, 4) is 5.75 Å². The van der Waals surface area contributed by atoms with Crippen LogP contribution in [0.15, 0.2) is 36.0 Å². The van der Waals surface area contributed by atoms with E-state index >= 15 is 0 Å². The van der Waals surface area contributed by atoms with Crippen molar-refractivity contribution >= 4 is 11.8 Å². The molecule has 0 saturated heterocycles. The number of hydrogen-bond acceptors (Lipinski definition) is 3. The molecule has 0 bridgehead atoms. The van der Waals surface area contributed by atoms with E-state index in [9.17, 15) is 0 Å². The van der Waals surface area contributed by atoms with Gasteiger partial charge < -0.3 is 4.74 Å². The highest BCUT2D eigenvalue weighted by Gasteiger charge is 2.21. The van der Waals surface area contributed by atoms with Crippen molar-refractivity contribution in [3.05, 3.63) is 47.7 Å². The Morgan fingerprint density at radius 1 is 1.38 bits per heavy atom. The molecule has 2 rings (SSSR count). The molecule has 1 N–H and O–H groups in total. The molecule has 0 spiro atoms. The summed E-state index contributed by atoms with van der Waals surface area (Å²) >= 11 is 0. The Labute approximate surface area is 127 Å². The second-order valence-electron chi connectivity index (χ2n) is 6.31. The van der Waals surface area contributed by atoms with Crippen LogP contribution in [0, 0.1) is 0 Å². The van der Waals surface area contributed by atoms with E-state index < -0.39 is 0 Å². The van der Waals surface area contributed by atoms with Gasteiger partial charge in [-0.25, -0.2) is 0 Å². The van der Waals surface area contributed by atoms with E-state index in [1.165, 1.54) is 17.3 Å². The second kappa shape index (κ2) is 6.27. The van der Waals surface area contributed by atoms with Gasteiger partial charge in [-0.1, -0.05) is 33.4 Å². The van der Waals surface area contributed by atoms with Crippen molar-refractivity contribution in [2.24, 2.45) is 4.99 Å². The summed E-state index contributed by atoms with van der Waals surface area (Å²) in [6.07, 6.45) is 5.29. The van der Waals surface area contributed by atoms with Crippen LogP contribution in [0.25, 0.3) is 5.57 Å². The van der Waals surface area contributed by atoms with Crippen molar-refractivity contribution in [2.45, 2.75) is 39.7 Å². The van der Waals surface area contributed by atoms with Crippen molar-refractivity contribution < 1.29 is 4.74 Å². The molecular weight excluding hydrogens is 260 g/mol. The highest BCUT2D eigenvalue weighted by atomic mass is 16.5. The number of fused-ring (bicyclic) bond motifs is 1. The van der Waals surface area contributed by atoms with Gasteiger partial charge in [0.2, 0.25) is 0 Å². The first-order valence-corrected chi connectivity index (χ1v) is 7.25. The molecule has 1 aliphatic rings. The van der Waals surface area contributed by atoms with E-state index in [4.69, 9.17) is 4.74 Å². The molecule has 112 valence electrons. The molecule has 1 aromatic rings. The Hall–Kier alpha value is -1.87. The van der Waals surface area contributed by atoms with Gasteiger partial charge in [-0.3, -0.25) is 10.3 Å². The predicted molar refractivity (Wildman–Crippen MR) is 89.8 cm³/mol. The lowest BCUT2D eigenvalue weighted by Gasteiger charge is -2.27. The number of allylic oxidation sites excluding steroid dienone is 2. The third-order valence-electron chi connectivity index (χ3n) is 3.61. The molecule has 3 nitrogen and oxygen atoms in total. The Morgan fingerprint density at radius 3 is 2.81 bits per heavy atom. The lowest BCUT2D eigenvalue weighted by molar-refractivity contribution is 0.256. The molecule has 0 atom stereocenters. The van der Waals surface area contributed by atoms with Gasteiger partial charge >= 0.3 is 0 Å². The van der Waals surface area contributed by atoms with Gasteiger partial charge in [0.15, 0.2) is 0 Å². The first-order valence-electron chi connectivity index (χ1n) is 7.25. The third kappa shape index (κ3) is 3.61. The Balaban J connectivity index is 2.54. The van der Waals surface area contributed by atoms with E-state index in [1.807, 2.05) is 6.08 Å². The molecule has 0 unspecified atom stereocenters. The van der Waals surface area contributed by atoms with Gasteiger partial charge in [0.1, 0.15) is 12.5 Å². The molecule has 21 heavy (non-hydrogen) atoms. The van der Waals surface area contributed by atoms with E-state index in [0.717, 1.165) is 23.4 Å². The molecule has 0 fully saturated rings. The minimum absolute atomic E-state index is 0.108. The average Bonchev–Trinajstić information content (AvgIpc) is 2.45. The van der Waals surface area contributed by atoms with Crippen LogP contribution in [-0.4, -0.2) is 12.9 Å². The molecule has 0 radical (unpaired) electrons. The number of hydrogen-bond donors (Lipinski definition) is 1. The molecule has 0 saturated carbocycles. The summed E-state index contributed by atoms with van der Waals surface area (Å²) in [5.41, 5.74) is 4.94. The minimum atomic E-state index is 0.108. The first kappa shape index (κ1) is 15.5. The fraction of sp³-hybridized carbons (Fsp3) is 0.389. The number of nitrogens with zero attached hydrogens (tertiary/aromatic N) is 1. The van der Waals surface area contributed by atoms with Crippen LogP contribution in [0.2, 0.25) is 0 Å². The maximum atomic E-state index is 5.83. The maximum absolute atomic E-state index is 5.83. The minimum Gasteiger partial charge on any atom is -0.477 e. The van der Waals surface area contributed by atoms with Crippen LogP contribution in [0.3, 0.4) is 0 Å². The van der Waals surface area contributed by atoms with Crippen molar-refractivity contribution in [1.82, 2.24) is 5.32 Å². The lowest BCUT2D eigenvalue weighted by atomic mass is 9.83. The number of nitrogens with one attached hydrogen (secondary N) is 1. The van der Waals surface area contributed by atoms with E-state index in [1.54, 1.807) is 6.21 Å². The molecule has 0 amide bonds. The highest BCUT2D eigenvalue weighted by Crippen LogP contribution is 2.36. The first-order chi connectivity index (χ1) is 9.93. The smallest absolute Gasteiger partial charge is 0.139 e. The van der Waals surface area contributed by atoms with E-state index in [2.05, 4.69) is 56.7 Å². The summed E-state index contributed by atoms with van der Waals surface area (Å²) in [5.74, 6) is 0.988. The monoisotopic (exact) mass is 284 g/mol. The van der Waals surface area contributed by atoms with Gasteiger partial charge in [0.25, 0.3) is 0 Å². The number of rotatable bonds is 3. The second-order valence-corrected chi connectivity index (χ2v) is 6.31. The fourth-order valence-electron chi connectivity index (χ4n) is 2.33. The van der Waals surface area contributed by atoms with Gasteiger partial charge in [-0.2, -0.15) is 0 Å². The summed E-state index contributed by atoms with van der Waals surface area (Å²) in [6.45, 7) is 13.8. The quantitative estimate of drug-likeness (QED) is 0.850. The summed E-state index contributed by atoms with van der Waals surface area (Å²) in [7, 11) is 0. The number of aliphatic imine (C=N–C) groups is 1. The van der Waals surface area contributed by atoms with Gasteiger partial charge in [0, 0.05) is 30.1 Å². The summed E-state index contributed by atoms with van der Waals surface area (Å²) < 4.78 is 5.83. The Morgan fingerprint density at radius 2 is 2.14 bits per heavy atom. The van der Waals surface area contributed by atoms with Gasteiger partial charge in [-0.05, 0) is 35.6 Å². The predicted octanol–water partition coefficient (Wildman–Crippen LogP) is 4.04. The van der Waals surface area contributed by atoms with E-state index in [-0.39, 0.29) is 5.41 Å². The summed E-state index contributed by atoms with van der Waals surface area (Å²) in [6, 6.07) is 4.48. The average molecular weight is 284 g/mol. The molecule has 0 aliphatic carbocycles. The molecule has 1 aliphatic heterocycles. The zero-order chi connectivity index (χ0) is 15.5. The zero-order valence-corrected chi connectivity index (χ0v) is 13.4. The summed E-state index contributed by atoms with van der Waals surface area (Å²) in [4.78, 5) is 4.03. The highest BCUT2D eigenvalue weighted by molar-refractivity contribution is 5.86. The van der Waals surface area contributed by atoms with Crippen LogP contribution >= 0.6 is 0 Å². The van der Waals surface area contributed by atoms with Crippen LogP contribution in [0.4, 0.5) is 0 Å². The normalized spacial score (nSPS) is 15.7. The van der Waals surface area contributed by atoms with Gasteiger partial charge in [-0.15, -0.1) is 0 Å². The van der Waals surface area contributed by atoms with Crippen LogP contribution in [0.5, 0.6) is 5.75 Å². The van der Waals surface area contributed by atoms with Crippen LogP contribution < -0.4 is 10.1 Å². The largest absolute Gasteiger partial charge is 0.477 e. The van der Waals surface area contributed by atoms with Crippen LogP contribution in [-0.2, 0) is 12.0 Å². The van der Waals surface area contributed by atoms with Crippen molar-refractivity contribution in [1.29, 1.82) is 0 Å². The maximum Gasteiger partial charge on any atom is 0.139 e. The van der Waals surface area contributed by atoms with E-state index in [0.29, 0.717) is 6.73 Å². The molecule has 0 aromatic heterocycles. The number of ether oxygens (including phenoxy) is 1. The molecule has 3 heteroatoms. The van der Waals surface area contributed by atoms with Crippen molar-refractivity contribution in [2.75, 3.05) is 6.73 Å². The fourth-order valence-corrected chi connectivity index (χ4v) is 2.33. The SMILES string of the molecule is C=C/N=C\C=C(/C)c1cc(C(C)(C)C)cc2c1OCNC2. The molecular formula is C18H24N2O.